The lowest BCUT2D eigenvalue weighted by molar-refractivity contribution is -0.385. The van der Waals surface area contributed by atoms with Crippen molar-refractivity contribution in [3.8, 4) is 5.75 Å². The Morgan fingerprint density at radius 3 is 2.64 bits per heavy atom. The van der Waals surface area contributed by atoms with Crippen LogP contribution in [0.5, 0.6) is 5.75 Å². The molecule has 3 aromatic rings. The summed E-state index contributed by atoms with van der Waals surface area (Å²) in [4.78, 5) is 22.3. The van der Waals surface area contributed by atoms with Gasteiger partial charge >= 0.3 is 5.69 Å². The first-order valence-corrected chi connectivity index (χ1v) is 9.23. The van der Waals surface area contributed by atoms with E-state index >= 15 is 0 Å². The van der Waals surface area contributed by atoms with Gasteiger partial charge in [0.05, 0.1) is 15.9 Å². The fraction of sp³-hybridized carbons (Fsp3) is 0.158. The molecular formula is C19H17BrN4O4. The van der Waals surface area contributed by atoms with Crippen molar-refractivity contribution in [1.29, 1.82) is 0 Å². The molecule has 1 N–H and O–H groups in total. The summed E-state index contributed by atoms with van der Waals surface area (Å²) in [5.41, 5.74) is 1.39. The highest BCUT2D eigenvalue weighted by Crippen LogP contribution is 2.24. The molecule has 0 fully saturated rings. The lowest BCUT2D eigenvalue weighted by Gasteiger charge is -2.09. The number of nitro groups is 1. The second kappa shape index (κ2) is 9.14. The van der Waals surface area contributed by atoms with E-state index in [4.69, 9.17) is 4.74 Å². The molecule has 0 radical (unpaired) electrons. The molecule has 0 bridgehead atoms. The van der Waals surface area contributed by atoms with Crippen LogP contribution < -0.4 is 10.1 Å². The Labute approximate surface area is 169 Å². The zero-order valence-electron chi connectivity index (χ0n) is 14.7. The van der Waals surface area contributed by atoms with Crippen molar-refractivity contribution in [2.45, 2.75) is 13.2 Å². The van der Waals surface area contributed by atoms with E-state index in [1.54, 1.807) is 12.1 Å². The maximum Gasteiger partial charge on any atom is 0.306 e. The van der Waals surface area contributed by atoms with E-state index in [0.717, 1.165) is 15.8 Å². The highest BCUT2D eigenvalue weighted by molar-refractivity contribution is 9.10. The first kappa shape index (κ1) is 19.6. The van der Waals surface area contributed by atoms with E-state index in [1.165, 1.54) is 17.1 Å². The van der Waals surface area contributed by atoms with Crippen LogP contribution in [-0.2, 0) is 13.2 Å². The molecule has 28 heavy (non-hydrogen) atoms. The van der Waals surface area contributed by atoms with Crippen LogP contribution in [-0.4, -0.2) is 27.2 Å². The summed E-state index contributed by atoms with van der Waals surface area (Å²) >= 11 is 3.43. The fourth-order valence-electron chi connectivity index (χ4n) is 2.43. The fourth-order valence-corrected chi connectivity index (χ4v) is 2.83. The molecular weight excluding hydrogens is 428 g/mol. The Balaban J connectivity index is 1.47. The van der Waals surface area contributed by atoms with Crippen LogP contribution in [0.3, 0.4) is 0 Å². The number of halogens is 1. The minimum absolute atomic E-state index is 0.0772. The molecule has 2 aromatic carbocycles. The monoisotopic (exact) mass is 444 g/mol. The standard InChI is InChI=1S/C19H17BrN4O4/c20-17-3-1-2-4-18(17)28-13-14-5-7-15(8-6-14)19(25)21-9-10-23-12-16(11-22-23)24(26)27/h1-8,11-12H,9-10,13H2,(H,21,25). The van der Waals surface area contributed by atoms with Gasteiger partial charge in [-0.1, -0.05) is 24.3 Å². The smallest absolute Gasteiger partial charge is 0.306 e. The number of benzene rings is 2. The number of hydrogen-bond acceptors (Lipinski definition) is 5. The normalized spacial score (nSPS) is 10.5. The van der Waals surface area contributed by atoms with E-state index in [0.29, 0.717) is 25.3 Å². The average Bonchev–Trinajstić information content (AvgIpc) is 3.17. The number of hydrogen-bond donors (Lipinski definition) is 1. The summed E-state index contributed by atoms with van der Waals surface area (Å²) < 4.78 is 8.05. The summed E-state index contributed by atoms with van der Waals surface area (Å²) in [6.45, 7) is 1.05. The van der Waals surface area contributed by atoms with Gasteiger partial charge < -0.3 is 10.1 Å². The Morgan fingerprint density at radius 1 is 1.21 bits per heavy atom. The van der Waals surface area contributed by atoms with E-state index < -0.39 is 4.92 Å². The zero-order chi connectivity index (χ0) is 19.9. The lowest BCUT2D eigenvalue weighted by Crippen LogP contribution is -2.27. The van der Waals surface area contributed by atoms with Gasteiger partial charge in [-0.15, -0.1) is 0 Å². The number of rotatable bonds is 8. The maximum atomic E-state index is 12.2. The molecule has 1 amide bonds. The molecule has 0 unspecified atom stereocenters. The highest BCUT2D eigenvalue weighted by Gasteiger charge is 2.09. The van der Waals surface area contributed by atoms with Gasteiger partial charge in [0.15, 0.2) is 0 Å². The first-order chi connectivity index (χ1) is 13.5. The van der Waals surface area contributed by atoms with Crippen LogP contribution in [0.2, 0.25) is 0 Å². The van der Waals surface area contributed by atoms with Gasteiger partial charge in [-0.2, -0.15) is 5.10 Å². The zero-order valence-corrected chi connectivity index (χ0v) is 16.3. The number of carbonyl (C=O) groups is 1. The van der Waals surface area contributed by atoms with Crippen molar-refractivity contribution in [1.82, 2.24) is 15.1 Å². The van der Waals surface area contributed by atoms with Crippen molar-refractivity contribution in [3.63, 3.8) is 0 Å². The second-order valence-corrected chi connectivity index (χ2v) is 6.74. The second-order valence-electron chi connectivity index (χ2n) is 5.89. The molecule has 0 spiro atoms. The number of carbonyl (C=O) groups excluding carboxylic acids is 1. The van der Waals surface area contributed by atoms with E-state index in [2.05, 4.69) is 26.3 Å². The molecule has 9 heteroatoms. The van der Waals surface area contributed by atoms with Crippen LogP contribution in [0.15, 0.2) is 65.4 Å². The van der Waals surface area contributed by atoms with Gasteiger partial charge in [-0.25, -0.2) is 0 Å². The Hall–Kier alpha value is -3.20. The molecule has 0 saturated carbocycles. The number of nitrogens with zero attached hydrogens (tertiary/aromatic N) is 3. The summed E-state index contributed by atoms with van der Waals surface area (Å²) in [6.07, 6.45) is 2.50. The van der Waals surface area contributed by atoms with Crippen LogP contribution >= 0.6 is 15.9 Å². The predicted molar refractivity (Wildman–Crippen MR) is 106 cm³/mol. The largest absolute Gasteiger partial charge is 0.488 e. The first-order valence-electron chi connectivity index (χ1n) is 8.44. The molecule has 0 aliphatic rings. The van der Waals surface area contributed by atoms with Crippen molar-refractivity contribution in [2.24, 2.45) is 0 Å². The SMILES string of the molecule is O=C(NCCn1cc([N+](=O)[O-])cn1)c1ccc(COc2ccccc2Br)cc1. The molecule has 8 nitrogen and oxygen atoms in total. The van der Waals surface area contributed by atoms with Crippen LogP contribution in [0, 0.1) is 10.1 Å². The number of amides is 1. The van der Waals surface area contributed by atoms with E-state index in [9.17, 15) is 14.9 Å². The number of nitrogens with one attached hydrogen (secondary N) is 1. The van der Waals surface area contributed by atoms with Crippen LogP contribution in [0.4, 0.5) is 5.69 Å². The molecule has 1 heterocycles. The number of ether oxygens (including phenoxy) is 1. The molecule has 144 valence electrons. The quantitative estimate of drug-likeness (QED) is 0.422. The molecule has 0 atom stereocenters. The minimum Gasteiger partial charge on any atom is -0.488 e. The summed E-state index contributed by atoms with van der Waals surface area (Å²) in [5.74, 6) is 0.531. The summed E-state index contributed by atoms with van der Waals surface area (Å²) in [7, 11) is 0. The summed E-state index contributed by atoms with van der Waals surface area (Å²) in [6, 6.07) is 14.7. The maximum absolute atomic E-state index is 12.2. The van der Waals surface area contributed by atoms with Crippen molar-refractivity contribution in [3.05, 3.63) is 86.6 Å². The number of aromatic nitrogens is 2. The third kappa shape index (κ3) is 5.17. The molecule has 0 aliphatic heterocycles. The molecule has 0 saturated heterocycles. The Bertz CT molecular complexity index is 972. The lowest BCUT2D eigenvalue weighted by atomic mass is 10.1. The van der Waals surface area contributed by atoms with Crippen LogP contribution in [0.1, 0.15) is 15.9 Å². The van der Waals surface area contributed by atoms with Gasteiger partial charge in [0.1, 0.15) is 24.8 Å². The molecule has 0 aliphatic carbocycles. The van der Waals surface area contributed by atoms with E-state index in [1.807, 2.05) is 36.4 Å². The van der Waals surface area contributed by atoms with Crippen LogP contribution in [0.25, 0.3) is 0 Å². The van der Waals surface area contributed by atoms with Crippen molar-refractivity contribution < 1.29 is 14.5 Å². The Morgan fingerprint density at radius 2 is 1.96 bits per heavy atom. The van der Waals surface area contributed by atoms with Gasteiger partial charge in [-0.05, 0) is 45.8 Å². The van der Waals surface area contributed by atoms with Gasteiger partial charge in [-0.3, -0.25) is 19.6 Å². The van der Waals surface area contributed by atoms with E-state index in [-0.39, 0.29) is 11.6 Å². The average molecular weight is 445 g/mol. The van der Waals surface area contributed by atoms with Gasteiger partial charge in [0.2, 0.25) is 0 Å². The third-order valence-electron chi connectivity index (χ3n) is 3.90. The van der Waals surface area contributed by atoms with Crippen molar-refractivity contribution in [2.75, 3.05) is 6.54 Å². The van der Waals surface area contributed by atoms with Gasteiger partial charge in [0, 0.05) is 12.1 Å². The van der Waals surface area contributed by atoms with Gasteiger partial charge in [0.25, 0.3) is 5.91 Å². The minimum atomic E-state index is -0.510. The Kier molecular flexibility index (Phi) is 6.38. The predicted octanol–water partition coefficient (Wildman–Crippen LogP) is 3.56. The number of para-hydroxylation sites is 1. The summed E-state index contributed by atoms with van der Waals surface area (Å²) in [5, 5.41) is 17.3. The molecule has 3 rings (SSSR count). The molecule has 1 aromatic heterocycles. The topological polar surface area (TPSA) is 99.3 Å². The highest BCUT2D eigenvalue weighted by atomic mass is 79.9. The van der Waals surface area contributed by atoms with Crippen molar-refractivity contribution >= 4 is 27.5 Å². The third-order valence-corrected chi connectivity index (χ3v) is 4.56.